The molecule has 0 saturated carbocycles. The van der Waals surface area contributed by atoms with E-state index in [0.717, 1.165) is 38.0 Å². The highest BCUT2D eigenvalue weighted by molar-refractivity contribution is 5.96. The Balaban J connectivity index is 1.94. The molecule has 3 nitrogen and oxygen atoms in total. The second-order valence-corrected chi connectivity index (χ2v) is 5.19. The van der Waals surface area contributed by atoms with E-state index in [1.807, 2.05) is 17.9 Å². The van der Waals surface area contributed by atoms with Gasteiger partial charge in [0.15, 0.2) is 5.72 Å². The number of hydrogen-bond donors (Lipinski definition) is 0. The van der Waals surface area contributed by atoms with Crippen LogP contribution < -0.4 is 0 Å². The summed E-state index contributed by atoms with van der Waals surface area (Å²) in [6.45, 7) is 5.81. The molecule has 17 heavy (non-hydrogen) atoms. The molecule has 2 rings (SSSR count). The lowest BCUT2D eigenvalue weighted by Gasteiger charge is -2.38. The summed E-state index contributed by atoms with van der Waals surface area (Å²) in [7, 11) is 0. The number of amides is 1. The molecule has 0 aromatic rings. The van der Waals surface area contributed by atoms with Crippen molar-refractivity contribution in [1.29, 1.82) is 0 Å². The Hall–Kier alpha value is -0.830. The highest BCUT2D eigenvalue weighted by Crippen LogP contribution is 2.34. The third-order valence-electron chi connectivity index (χ3n) is 3.72. The second-order valence-electron chi connectivity index (χ2n) is 5.19. The molecular formula is C14H23NO2. The van der Waals surface area contributed by atoms with Crippen LogP contribution in [0.1, 0.15) is 52.4 Å². The van der Waals surface area contributed by atoms with Crippen molar-refractivity contribution in [2.45, 2.75) is 58.1 Å². The van der Waals surface area contributed by atoms with Gasteiger partial charge in [0.2, 0.25) is 0 Å². The normalized spacial score (nSPS) is 28.2. The Labute approximate surface area is 104 Å². The molecule has 0 aliphatic carbocycles. The molecule has 1 unspecified atom stereocenters. The summed E-state index contributed by atoms with van der Waals surface area (Å²) >= 11 is 0. The maximum absolute atomic E-state index is 12.2. The Morgan fingerprint density at radius 2 is 2.24 bits per heavy atom. The van der Waals surface area contributed by atoms with Gasteiger partial charge in [0, 0.05) is 12.1 Å². The van der Waals surface area contributed by atoms with Crippen LogP contribution in [0.4, 0.5) is 0 Å². The van der Waals surface area contributed by atoms with Crippen molar-refractivity contribution in [1.82, 2.24) is 4.90 Å². The first-order valence-electron chi connectivity index (χ1n) is 6.85. The molecule has 0 aromatic heterocycles. The van der Waals surface area contributed by atoms with Crippen molar-refractivity contribution in [3.8, 4) is 0 Å². The Morgan fingerprint density at radius 1 is 1.41 bits per heavy atom. The van der Waals surface area contributed by atoms with E-state index in [4.69, 9.17) is 4.74 Å². The third kappa shape index (κ3) is 2.54. The minimum absolute atomic E-state index is 0.198. The lowest BCUT2D eigenvalue weighted by Crippen LogP contribution is -2.50. The number of carbonyl (C=O) groups excluding carboxylic acids is 1. The number of nitrogens with zero attached hydrogens (tertiary/aromatic N) is 1. The van der Waals surface area contributed by atoms with Crippen LogP contribution in [0.15, 0.2) is 11.6 Å². The molecule has 0 spiro atoms. The molecule has 0 bridgehead atoms. The molecule has 3 heteroatoms. The summed E-state index contributed by atoms with van der Waals surface area (Å²) in [6, 6.07) is 0. The number of unbranched alkanes of at least 4 members (excludes halogenated alkanes) is 3. The van der Waals surface area contributed by atoms with Gasteiger partial charge in [0.05, 0.1) is 6.61 Å². The Kier molecular flexibility index (Phi) is 3.87. The van der Waals surface area contributed by atoms with Crippen LogP contribution in [0.2, 0.25) is 0 Å². The highest BCUT2D eigenvalue weighted by Gasteiger charge is 2.43. The summed E-state index contributed by atoms with van der Waals surface area (Å²) in [6.07, 6.45) is 8.75. The molecule has 1 amide bonds. The van der Waals surface area contributed by atoms with Crippen molar-refractivity contribution < 1.29 is 9.53 Å². The predicted molar refractivity (Wildman–Crippen MR) is 67.5 cm³/mol. The maximum Gasteiger partial charge on any atom is 0.252 e. The van der Waals surface area contributed by atoms with E-state index in [1.165, 1.54) is 19.3 Å². The maximum atomic E-state index is 12.2. The monoisotopic (exact) mass is 237 g/mol. The summed E-state index contributed by atoms with van der Waals surface area (Å²) in [5, 5.41) is 0. The molecule has 1 saturated heterocycles. The topological polar surface area (TPSA) is 29.5 Å². The highest BCUT2D eigenvalue weighted by atomic mass is 16.5. The Morgan fingerprint density at radius 3 is 2.94 bits per heavy atom. The minimum atomic E-state index is -0.449. The second kappa shape index (κ2) is 5.21. The summed E-state index contributed by atoms with van der Waals surface area (Å²) < 4.78 is 5.75. The smallest absolute Gasteiger partial charge is 0.252 e. The molecule has 1 fully saturated rings. The lowest BCUT2D eigenvalue weighted by molar-refractivity contribution is -0.161. The summed E-state index contributed by atoms with van der Waals surface area (Å²) in [5.41, 5.74) is 0.514. The first-order chi connectivity index (χ1) is 8.17. The van der Waals surface area contributed by atoms with Crippen LogP contribution >= 0.6 is 0 Å². The van der Waals surface area contributed by atoms with Crippen molar-refractivity contribution in [2.75, 3.05) is 13.2 Å². The van der Waals surface area contributed by atoms with Crippen molar-refractivity contribution in [3.63, 3.8) is 0 Å². The Bertz CT molecular complexity index is 324. The number of fused-ring (bicyclic) bond motifs is 1. The molecule has 0 radical (unpaired) electrons. The predicted octanol–water partition coefficient (Wildman–Crippen LogP) is 2.86. The van der Waals surface area contributed by atoms with Gasteiger partial charge in [-0.2, -0.15) is 0 Å². The molecule has 2 aliphatic rings. The number of hydrogen-bond acceptors (Lipinski definition) is 2. The summed E-state index contributed by atoms with van der Waals surface area (Å²) in [4.78, 5) is 14.1. The lowest BCUT2D eigenvalue weighted by atomic mass is 10.1. The van der Waals surface area contributed by atoms with Gasteiger partial charge in [-0.25, -0.2) is 0 Å². The average Bonchev–Trinajstić information content (AvgIpc) is 2.57. The molecule has 0 aromatic carbocycles. The van der Waals surface area contributed by atoms with E-state index in [9.17, 15) is 4.79 Å². The quantitative estimate of drug-likeness (QED) is 0.688. The molecular weight excluding hydrogens is 214 g/mol. The zero-order valence-electron chi connectivity index (χ0n) is 11.0. The molecule has 1 atom stereocenters. The molecule has 96 valence electrons. The average molecular weight is 237 g/mol. The van der Waals surface area contributed by atoms with E-state index in [1.54, 1.807) is 0 Å². The van der Waals surface area contributed by atoms with Gasteiger partial charge in [-0.3, -0.25) is 4.79 Å². The van der Waals surface area contributed by atoms with Gasteiger partial charge < -0.3 is 9.64 Å². The zero-order valence-corrected chi connectivity index (χ0v) is 11.0. The first-order valence-corrected chi connectivity index (χ1v) is 6.85. The standard InChI is InChI=1S/C14H23NO2/c1-3-4-5-6-8-12-11-14(2)15(13(12)16)9-7-10-17-14/h11H,3-10H2,1-2H3. The van der Waals surface area contributed by atoms with Crippen LogP contribution in [0.5, 0.6) is 0 Å². The largest absolute Gasteiger partial charge is 0.352 e. The van der Waals surface area contributed by atoms with Crippen molar-refractivity contribution >= 4 is 5.91 Å². The summed E-state index contributed by atoms with van der Waals surface area (Å²) in [5.74, 6) is 0.198. The fourth-order valence-corrected chi connectivity index (χ4v) is 2.70. The van der Waals surface area contributed by atoms with E-state index in [-0.39, 0.29) is 5.91 Å². The first kappa shape index (κ1) is 12.6. The van der Waals surface area contributed by atoms with Crippen molar-refractivity contribution in [2.24, 2.45) is 0 Å². The fourth-order valence-electron chi connectivity index (χ4n) is 2.70. The van der Waals surface area contributed by atoms with Crippen LogP contribution in [0.25, 0.3) is 0 Å². The minimum Gasteiger partial charge on any atom is -0.352 e. The van der Waals surface area contributed by atoms with Crippen LogP contribution in [-0.4, -0.2) is 29.7 Å². The third-order valence-corrected chi connectivity index (χ3v) is 3.72. The number of carbonyl (C=O) groups is 1. The van der Waals surface area contributed by atoms with Crippen LogP contribution in [-0.2, 0) is 9.53 Å². The molecule has 2 aliphatic heterocycles. The van der Waals surface area contributed by atoms with Gasteiger partial charge in [-0.15, -0.1) is 0 Å². The van der Waals surface area contributed by atoms with Gasteiger partial charge >= 0.3 is 0 Å². The van der Waals surface area contributed by atoms with Gasteiger partial charge in [-0.05, 0) is 32.3 Å². The number of ether oxygens (including phenoxy) is 1. The van der Waals surface area contributed by atoms with Gasteiger partial charge in [0.1, 0.15) is 0 Å². The number of rotatable bonds is 5. The zero-order chi connectivity index (χ0) is 12.3. The van der Waals surface area contributed by atoms with Crippen molar-refractivity contribution in [3.05, 3.63) is 11.6 Å². The fraction of sp³-hybridized carbons (Fsp3) is 0.786. The van der Waals surface area contributed by atoms with E-state index in [0.29, 0.717) is 0 Å². The van der Waals surface area contributed by atoms with E-state index in [2.05, 4.69) is 6.92 Å². The van der Waals surface area contributed by atoms with E-state index < -0.39 is 5.72 Å². The molecule has 2 heterocycles. The SMILES string of the molecule is CCCCCCC1=CC2(C)OCCCN2C1=O. The van der Waals surface area contributed by atoms with Crippen LogP contribution in [0, 0.1) is 0 Å². The molecule has 0 N–H and O–H groups in total. The van der Waals surface area contributed by atoms with Crippen LogP contribution in [0.3, 0.4) is 0 Å². The van der Waals surface area contributed by atoms with E-state index >= 15 is 0 Å². The van der Waals surface area contributed by atoms with Gasteiger partial charge in [-0.1, -0.05) is 26.2 Å². The van der Waals surface area contributed by atoms with Gasteiger partial charge in [0.25, 0.3) is 5.91 Å².